The first-order valence-electron chi connectivity index (χ1n) is 7.55. The fourth-order valence-electron chi connectivity index (χ4n) is 2.31. The largest absolute Gasteiger partial charge is 0.447 e. The normalized spacial score (nSPS) is 30.1. The van der Waals surface area contributed by atoms with Gasteiger partial charge in [0.25, 0.3) is 0 Å². The number of rotatable bonds is 6. The Morgan fingerprint density at radius 1 is 1.35 bits per heavy atom. The molecule has 1 aliphatic heterocycles. The minimum absolute atomic E-state index is 0.0253. The molecule has 0 saturated carbocycles. The van der Waals surface area contributed by atoms with E-state index in [2.05, 4.69) is 16.6 Å². The zero-order valence-electron chi connectivity index (χ0n) is 13.3. The predicted octanol–water partition coefficient (Wildman–Crippen LogP) is -0.860. The second kappa shape index (κ2) is 9.35. The van der Waals surface area contributed by atoms with Crippen molar-refractivity contribution in [1.29, 1.82) is 0 Å². The highest BCUT2D eigenvalue weighted by Gasteiger charge is 2.43. The van der Waals surface area contributed by atoms with E-state index in [1.54, 1.807) is 6.92 Å². The van der Waals surface area contributed by atoms with E-state index in [4.69, 9.17) is 15.9 Å². The SMILES string of the molecule is C#CCNC(=O)OC[C@H]1OC(C)[C@H](NC(=O)CCC)[C@@H](O)[C@@H]1O. The highest BCUT2D eigenvalue weighted by atomic mass is 16.6. The minimum atomic E-state index is -1.29. The molecule has 8 nitrogen and oxygen atoms in total. The van der Waals surface area contributed by atoms with Gasteiger partial charge in [-0.15, -0.1) is 6.42 Å². The van der Waals surface area contributed by atoms with E-state index < -0.39 is 36.6 Å². The Kier molecular flexibility index (Phi) is 7.81. The molecule has 0 spiro atoms. The van der Waals surface area contributed by atoms with Gasteiger partial charge in [-0.2, -0.15) is 0 Å². The number of carbonyl (C=O) groups excluding carboxylic acids is 2. The Balaban J connectivity index is 2.54. The van der Waals surface area contributed by atoms with Gasteiger partial charge in [-0.1, -0.05) is 12.8 Å². The maximum absolute atomic E-state index is 11.7. The fraction of sp³-hybridized carbons (Fsp3) is 0.733. The average Bonchev–Trinajstić information content (AvgIpc) is 2.51. The van der Waals surface area contributed by atoms with Crippen molar-refractivity contribution in [3.05, 3.63) is 0 Å². The standard InChI is InChI=1S/C15H24N2O6/c1-4-6-11(18)17-12-9(3)23-10(13(19)14(12)20)8-22-15(21)16-7-5-2/h2,9-10,12-14,19-20H,4,6-8H2,1,3H3,(H,16,21)(H,17,18)/t9?,10-,12+,13-,14-/m1/s1. The highest BCUT2D eigenvalue weighted by molar-refractivity contribution is 5.76. The minimum Gasteiger partial charge on any atom is -0.447 e. The van der Waals surface area contributed by atoms with Crippen LogP contribution in [-0.4, -0.2) is 65.8 Å². The molecule has 1 fully saturated rings. The Morgan fingerprint density at radius 2 is 2.04 bits per heavy atom. The molecule has 5 atom stereocenters. The number of carbonyl (C=O) groups is 2. The van der Waals surface area contributed by atoms with Crippen LogP contribution in [0, 0.1) is 12.3 Å². The number of nitrogens with one attached hydrogen (secondary N) is 2. The molecule has 1 heterocycles. The van der Waals surface area contributed by atoms with Crippen LogP contribution in [0.2, 0.25) is 0 Å². The first-order chi connectivity index (χ1) is 10.9. The molecule has 0 aromatic carbocycles. The highest BCUT2D eigenvalue weighted by Crippen LogP contribution is 2.21. The predicted molar refractivity (Wildman–Crippen MR) is 81.4 cm³/mol. The number of ether oxygens (including phenoxy) is 2. The van der Waals surface area contributed by atoms with E-state index in [0.717, 1.165) is 0 Å². The summed E-state index contributed by atoms with van der Waals surface area (Å²) in [6, 6.07) is -0.726. The van der Waals surface area contributed by atoms with Gasteiger partial charge in [0.05, 0.1) is 18.7 Å². The number of amides is 2. The zero-order chi connectivity index (χ0) is 17.4. The second-order valence-electron chi connectivity index (χ2n) is 5.36. The van der Waals surface area contributed by atoms with Crippen LogP contribution in [0.1, 0.15) is 26.7 Å². The molecule has 23 heavy (non-hydrogen) atoms. The fourth-order valence-corrected chi connectivity index (χ4v) is 2.31. The van der Waals surface area contributed by atoms with Crippen LogP contribution in [0.5, 0.6) is 0 Å². The second-order valence-corrected chi connectivity index (χ2v) is 5.36. The van der Waals surface area contributed by atoms with Crippen LogP contribution in [0.4, 0.5) is 4.79 Å². The van der Waals surface area contributed by atoms with Crippen LogP contribution >= 0.6 is 0 Å². The van der Waals surface area contributed by atoms with Gasteiger partial charge in [0.1, 0.15) is 24.9 Å². The van der Waals surface area contributed by atoms with Gasteiger partial charge in [0.2, 0.25) is 5.91 Å². The van der Waals surface area contributed by atoms with E-state index in [1.807, 2.05) is 6.92 Å². The van der Waals surface area contributed by atoms with Crippen LogP contribution in [0.15, 0.2) is 0 Å². The third kappa shape index (κ3) is 5.71. The smallest absolute Gasteiger partial charge is 0.407 e. The van der Waals surface area contributed by atoms with E-state index in [1.165, 1.54) is 0 Å². The Bertz CT molecular complexity index is 450. The van der Waals surface area contributed by atoms with Crippen LogP contribution < -0.4 is 10.6 Å². The molecule has 0 bridgehead atoms. The number of terminal acetylenes is 1. The van der Waals surface area contributed by atoms with E-state index in [0.29, 0.717) is 12.8 Å². The summed E-state index contributed by atoms with van der Waals surface area (Å²) < 4.78 is 10.4. The van der Waals surface area contributed by atoms with Crippen LogP contribution in [0.3, 0.4) is 0 Å². The van der Waals surface area contributed by atoms with Gasteiger partial charge in [0, 0.05) is 6.42 Å². The van der Waals surface area contributed by atoms with Gasteiger partial charge >= 0.3 is 6.09 Å². The molecule has 1 aliphatic rings. The number of aliphatic hydroxyl groups excluding tert-OH is 2. The summed E-state index contributed by atoms with van der Waals surface area (Å²) in [6.45, 7) is 3.31. The van der Waals surface area contributed by atoms with Crippen molar-refractivity contribution in [2.24, 2.45) is 0 Å². The maximum atomic E-state index is 11.7. The molecule has 1 unspecified atom stereocenters. The van der Waals surface area contributed by atoms with Crippen molar-refractivity contribution in [1.82, 2.24) is 10.6 Å². The lowest BCUT2D eigenvalue weighted by Gasteiger charge is -2.41. The molecule has 1 saturated heterocycles. The molecule has 1 rings (SSSR count). The monoisotopic (exact) mass is 328 g/mol. The molecular weight excluding hydrogens is 304 g/mol. The summed E-state index contributed by atoms with van der Waals surface area (Å²) in [5.74, 6) is 2.00. The molecule has 2 amide bonds. The lowest BCUT2D eigenvalue weighted by molar-refractivity contribution is -0.190. The van der Waals surface area contributed by atoms with Crippen LogP contribution in [-0.2, 0) is 14.3 Å². The quantitative estimate of drug-likeness (QED) is 0.471. The lowest BCUT2D eigenvalue weighted by Crippen LogP contribution is -2.63. The van der Waals surface area contributed by atoms with Gasteiger partial charge < -0.3 is 30.3 Å². The van der Waals surface area contributed by atoms with E-state index in [9.17, 15) is 19.8 Å². The Morgan fingerprint density at radius 3 is 2.65 bits per heavy atom. The first kappa shape index (κ1) is 19.2. The molecule has 130 valence electrons. The summed E-state index contributed by atoms with van der Waals surface area (Å²) >= 11 is 0. The average molecular weight is 328 g/mol. The molecule has 0 aliphatic carbocycles. The summed E-state index contributed by atoms with van der Waals surface area (Å²) in [5.41, 5.74) is 0. The maximum Gasteiger partial charge on any atom is 0.407 e. The zero-order valence-corrected chi connectivity index (χ0v) is 13.3. The lowest BCUT2D eigenvalue weighted by atomic mass is 9.93. The number of alkyl carbamates (subject to hydrolysis) is 1. The van der Waals surface area contributed by atoms with Gasteiger partial charge in [-0.25, -0.2) is 4.79 Å². The van der Waals surface area contributed by atoms with Crippen LogP contribution in [0.25, 0.3) is 0 Å². The van der Waals surface area contributed by atoms with Crippen molar-refractivity contribution in [3.8, 4) is 12.3 Å². The van der Waals surface area contributed by atoms with Gasteiger partial charge in [-0.05, 0) is 13.3 Å². The summed E-state index contributed by atoms with van der Waals surface area (Å²) in [6.07, 6.45) is 1.31. The summed E-state index contributed by atoms with van der Waals surface area (Å²) in [4.78, 5) is 23.0. The topological polar surface area (TPSA) is 117 Å². The Hall–Kier alpha value is -1.82. The van der Waals surface area contributed by atoms with Crippen molar-refractivity contribution in [3.63, 3.8) is 0 Å². The molecule has 0 radical (unpaired) electrons. The molecule has 8 heteroatoms. The molecule has 0 aromatic heterocycles. The Labute approximate surface area is 135 Å². The van der Waals surface area contributed by atoms with E-state index >= 15 is 0 Å². The van der Waals surface area contributed by atoms with Crippen molar-refractivity contribution >= 4 is 12.0 Å². The number of aliphatic hydroxyl groups is 2. The molecule has 0 aromatic rings. The first-order valence-corrected chi connectivity index (χ1v) is 7.55. The van der Waals surface area contributed by atoms with Crippen molar-refractivity contribution < 1.29 is 29.3 Å². The third-order valence-electron chi connectivity index (χ3n) is 3.51. The van der Waals surface area contributed by atoms with Gasteiger partial charge in [-0.3, -0.25) is 4.79 Å². The van der Waals surface area contributed by atoms with Crippen molar-refractivity contribution in [2.75, 3.05) is 13.2 Å². The van der Waals surface area contributed by atoms with Gasteiger partial charge in [0.15, 0.2) is 0 Å². The number of hydrogen-bond acceptors (Lipinski definition) is 6. The van der Waals surface area contributed by atoms with E-state index in [-0.39, 0.29) is 19.1 Å². The third-order valence-corrected chi connectivity index (χ3v) is 3.51. The summed E-state index contributed by atoms with van der Waals surface area (Å²) in [5, 5.41) is 25.2. The number of hydrogen-bond donors (Lipinski definition) is 4. The van der Waals surface area contributed by atoms with Crippen molar-refractivity contribution in [2.45, 2.75) is 57.1 Å². The molecular formula is C15H24N2O6. The molecule has 4 N–H and O–H groups in total. The summed E-state index contributed by atoms with van der Waals surface area (Å²) in [7, 11) is 0.